The fourth-order valence-corrected chi connectivity index (χ4v) is 5.34. The van der Waals surface area contributed by atoms with Gasteiger partial charge in [0.15, 0.2) is 0 Å². The number of aliphatic hydroxyl groups excluding tert-OH is 1. The molecule has 1 aliphatic rings. The molecule has 1 aliphatic heterocycles. The zero-order chi connectivity index (χ0) is 28.7. The van der Waals surface area contributed by atoms with E-state index in [1.807, 2.05) is 12.1 Å². The van der Waals surface area contributed by atoms with Crippen molar-refractivity contribution in [2.24, 2.45) is 11.3 Å². The lowest BCUT2D eigenvalue weighted by molar-refractivity contribution is -0.120. The van der Waals surface area contributed by atoms with E-state index in [1.165, 1.54) is 31.7 Å². The number of rotatable bonds is 10. The highest BCUT2D eigenvalue weighted by atomic mass is 19.1. The van der Waals surface area contributed by atoms with Crippen molar-refractivity contribution in [3.05, 3.63) is 70.8 Å². The first-order valence-corrected chi connectivity index (χ1v) is 13.4. The van der Waals surface area contributed by atoms with Gasteiger partial charge in [-0.15, -0.1) is 0 Å². The van der Waals surface area contributed by atoms with Crippen LogP contribution in [0.3, 0.4) is 0 Å². The Balaban J connectivity index is 1.81. The summed E-state index contributed by atoms with van der Waals surface area (Å²) < 4.78 is 32.4. The molecule has 7 nitrogen and oxygen atoms in total. The largest absolute Gasteiger partial charge is 0.453 e. The molecule has 1 saturated heterocycles. The fraction of sp³-hybridized carbons (Fsp3) is 0.533. The number of halogens is 2. The molecular formula is C30H41F2N3O4. The fourth-order valence-electron chi connectivity index (χ4n) is 5.34. The molecule has 1 fully saturated rings. The Labute approximate surface area is 229 Å². The predicted molar refractivity (Wildman–Crippen MR) is 146 cm³/mol. The lowest BCUT2D eigenvalue weighted by Crippen LogP contribution is -2.49. The van der Waals surface area contributed by atoms with Crippen LogP contribution in [0, 0.1) is 23.0 Å². The zero-order valence-electron chi connectivity index (χ0n) is 23.5. The molecule has 214 valence electrons. The Morgan fingerprint density at radius 1 is 1.13 bits per heavy atom. The van der Waals surface area contributed by atoms with Gasteiger partial charge in [0.2, 0.25) is 5.91 Å². The summed E-state index contributed by atoms with van der Waals surface area (Å²) in [6, 6.07) is 10.6. The lowest BCUT2D eigenvalue weighted by atomic mass is 9.85. The molecule has 4 unspecified atom stereocenters. The molecule has 3 N–H and O–H groups in total. The van der Waals surface area contributed by atoms with E-state index in [2.05, 4.69) is 43.5 Å². The van der Waals surface area contributed by atoms with E-state index in [-0.39, 0.29) is 42.3 Å². The van der Waals surface area contributed by atoms with Crippen LogP contribution >= 0.6 is 0 Å². The van der Waals surface area contributed by atoms with Crippen molar-refractivity contribution in [3.8, 4) is 0 Å². The van der Waals surface area contributed by atoms with Gasteiger partial charge in [-0.2, -0.15) is 0 Å². The van der Waals surface area contributed by atoms with E-state index in [1.54, 1.807) is 4.90 Å². The van der Waals surface area contributed by atoms with Gasteiger partial charge in [-0.1, -0.05) is 45.0 Å². The van der Waals surface area contributed by atoms with Crippen LogP contribution in [0.15, 0.2) is 42.5 Å². The molecule has 2 aromatic carbocycles. The summed E-state index contributed by atoms with van der Waals surface area (Å²) in [5.41, 5.74) is 2.68. The van der Waals surface area contributed by atoms with Crippen molar-refractivity contribution in [1.82, 2.24) is 15.5 Å². The van der Waals surface area contributed by atoms with Crippen LogP contribution in [0.2, 0.25) is 0 Å². The first-order valence-electron chi connectivity index (χ1n) is 13.4. The number of carbonyl (C=O) groups excluding carboxylic acids is 2. The van der Waals surface area contributed by atoms with Crippen LogP contribution in [0.5, 0.6) is 0 Å². The van der Waals surface area contributed by atoms with Crippen molar-refractivity contribution < 1.29 is 28.2 Å². The second kappa shape index (κ2) is 13.3. The molecule has 0 radical (unpaired) electrons. The third-order valence-corrected chi connectivity index (χ3v) is 6.95. The monoisotopic (exact) mass is 545 g/mol. The first kappa shape index (κ1) is 30.5. The highest BCUT2D eigenvalue weighted by molar-refractivity contribution is 5.73. The van der Waals surface area contributed by atoms with Gasteiger partial charge < -0.3 is 25.4 Å². The Morgan fingerprint density at radius 2 is 1.82 bits per heavy atom. The number of likely N-dealkylation sites (tertiary alicyclic amines) is 1. The van der Waals surface area contributed by atoms with Gasteiger partial charge >= 0.3 is 6.09 Å². The van der Waals surface area contributed by atoms with Crippen LogP contribution < -0.4 is 10.6 Å². The maximum Gasteiger partial charge on any atom is 0.409 e. The molecule has 39 heavy (non-hydrogen) atoms. The number of carbonyl (C=O) groups is 2. The maximum absolute atomic E-state index is 13.8. The SMILES string of the molecule is COC(=O)N1CCC(C(NCC(O)C(Cc2cc(F)cc(F)c2)NC(C)=O)c2cccc(CC(C)(C)C)c2)C1. The molecule has 2 aromatic rings. The van der Waals surface area contributed by atoms with Gasteiger partial charge in [0.25, 0.3) is 0 Å². The zero-order valence-corrected chi connectivity index (χ0v) is 23.5. The number of nitrogens with one attached hydrogen (secondary N) is 2. The Bertz CT molecular complexity index is 1120. The van der Waals surface area contributed by atoms with Crippen LogP contribution in [-0.2, 0) is 22.4 Å². The second-order valence-corrected chi connectivity index (χ2v) is 11.7. The number of hydrogen-bond acceptors (Lipinski definition) is 5. The van der Waals surface area contributed by atoms with Crippen LogP contribution in [-0.4, -0.2) is 60.9 Å². The van der Waals surface area contributed by atoms with E-state index in [0.29, 0.717) is 18.7 Å². The molecule has 2 amide bonds. The maximum atomic E-state index is 13.8. The molecule has 0 saturated carbocycles. The van der Waals surface area contributed by atoms with Crippen molar-refractivity contribution >= 4 is 12.0 Å². The minimum Gasteiger partial charge on any atom is -0.453 e. The minimum absolute atomic E-state index is 0.0579. The highest BCUT2D eigenvalue weighted by Gasteiger charge is 2.34. The standard InChI is InChI=1S/C30H41F2N3O4/c1-19(36)34-26(14-21-12-24(31)15-25(32)13-21)27(37)17-33-28(23-9-10-35(18-23)29(38)39-5)22-8-6-7-20(11-22)16-30(2,3)4/h6-8,11-13,15,23,26-28,33,37H,9-10,14,16-18H2,1-5H3,(H,34,36). The van der Waals surface area contributed by atoms with Gasteiger partial charge in [-0.25, -0.2) is 13.6 Å². The summed E-state index contributed by atoms with van der Waals surface area (Å²) in [6.07, 6.45) is 0.292. The van der Waals surface area contributed by atoms with Crippen LogP contribution in [0.25, 0.3) is 0 Å². The first-order chi connectivity index (χ1) is 18.3. The van der Waals surface area contributed by atoms with Crippen LogP contribution in [0.4, 0.5) is 13.6 Å². The number of aliphatic hydroxyl groups is 1. The number of ether oxygens (including phenoxy) is 1. The number of benzene rings is 2. The molecule has 0 aromatic heterocycles. The van der Waals surface area contributed by atoms with Gasteiger partial charge in [0.1, 0.15) is 11.6 Å². The molecule has 9 heteroatoms. The number of hydrogen-bond donors (Lipinski definition) is 3. The molecule has 0 bridgehead atoms. The molecule has 4 atom stereocenters. The topological polar surface area (TPSA) is 90.9 Å². The quantitative estimate of drug-likeness (QED) is 0.412. The smallest absolute Gasteiger partial charge is 0.409 e. The lowest BCUT2D eigenvalue weighted by Gasteiger charge is -2.30. The van der Waals surface area contributed by atoms with Crippen molar-refractivity contribution in [2.75, 3.05) is 26.7 Å². The summed E-state index contributed by atoms with van der Waals surface area (Å²) in [5.74, 6) is -1.72. The van der Waals surface area contributed by atoms with E-state index < -0.39 is 23.8 Å². The Morgan fingerprint density at radius 3 is 2.44 bits per heavy atom. The Kier molecular flexibility index (Phi) is 10.4. The minimum atomic E-state index is -1.04. The van der Waals surface area contributed by atoms with E-state index in [9.17, 15) is 23.5 Å². The van der Waals surface area contributed by atoms with Gasteiger partial charge in [-0.3, -0.25) is 4.79 Å². The van der Waals surface area contributed by atoms with Crippen LogP contribution in [0.1, 0.15) is 56.8 Å². The predicted octanol–water partition coefficient (Wildman–Crippen LogP) is 4.38. The molecule has 0 spiro atoms. The van der Waals surface area contributed by atoms with Gasteiger partial charge in [0.05, 0.1) is 19.3 Å². The van der Waals surface area contributed by atoms with Gasteiger partial charge in [-0.05, 0) is 59.4 Å². The van der Waals surface area contributed by atoms with Crippen molar-refractivity contribution in [1.29, 1.82) is 0 Å². The van der Waals surface area contributed by atoms with E-state index >= 15 is 0 Å². The Hall–Kier alpha value is -3.04. The normalized spacial score (nSPS) is 17.9. The van der Waals surface area contributed by atoms with E-state index in [4.69, 9.17) is 4.74 Å². The number of nitrogens with zero attached hydrogens (tertiary/aromatic N) is 1. The average Bonchev–Trinajstić information content (AvgIpc) is 3.31. The molecule has 3 rings (SSSR count). The third kappa shape index (κ3) is 9.28. The third-order valence-electron chi connectivity index (χ3n) is 6.95. The molecular weight excluding hydrogens is 504 g/mol. The number of methoxy groups -OCH3 is 1. The highest BCUT2D eigenvalue weighted by Crippen LogP contribution is 2.32. The molecule has 0 aliphatic carbocycles. The summed E-state index contributed by atoms with van der Waals surface area (Å²) in [4.78, 5) is 25.7. The van der Waals surface area contributed by atoms with E-state index in [0.717, 1.165) is 24.5 Å². The van der Waals surface area contributed by atoms with Gasteiger partial charge in [0, 0.05) is 38.7 Å². The summed E-state index contributed by atoms with van der Waals surface area (Å²) in [6.45, 7) is 9.08. The summed E-state index contributed by atoms with van der Waals surface area (Å²) in [5, 5.41) is 17.3. The van der Waals surface area contributed by atoms with Crippen molar-refractivity contribution in [2.45, 2.75) is 65.1 Å². The average molecular weight is 546 g/mol. The summed E-state index contributed by atoms with van der Waals surface area (Å²) in [7, 11) is 1.37. The second-order valence-electron chi connectivity index (χ2n) is 11.7. The molecule has 1 heterocycles. The summed E-state index contributed by atoms with van der Waals surface area (Å²) >= 11 is 0. The van der Waals surface area contributed by atoms with Crippen molar-refractivity contribution in [3.63, 3.8) is 0 Å². The number of amides is 2.